The molecule has 1 unspecified atom stereocenters. The van der Waals surface area contributed by atoms with Gasteiger partial charge in [-0.2, -0.15) is 0 Å². The Morgan fingerprint density at radius 3 is 2.72 bits per heavy atom. The van der Waals surface area contributed by atoms with Crippen LogP contribution in [0, 0.1) is 5.41 Å². The number of piperidine rings is 1. The Morgan fingerprint density at radius 2 is 2.00 bits per heavy atom. The molecular formula is C22H25ClN8S. The number of nitrogen functional groups attached to an aromatic ring is 1. The SMILES string of the molecule is CNc1nccc(Sc2ncc(N3CCC4(CC3)Cc3ncccc3C4N)nc2N)c1Cl. The quantitative estimate of drug-likeness (QED) is 0.528. The smallest absolute Gasteiger partial charge is 0.158 e. The molecule has 10 heteroatoms. The van der Waals surface area contributed by atoms with Gasteiger partial charge in [0.15, 0.2) is 5.82 Å². The fraction of sp³-hybridized carbons (Fsp3) is 0.364. The van der Waals surface area contributed by atoms with Gasteiger partial charge in [0, 0.05) is 49.2 Å². The monoisotopic (exact) mass is 468 g/mol. The number of halogens is 1. The minimum Gasteiger partial charge on any atom is -0.381 e. The third-order valence-electron chi connectivity index (χ3n) is 6.57. The fourth-order valence-electron chi connectivity index (χ4n) is 4.72. The molecule has 166 valence electrons. The molecule has 4 heterocycles. The Morgan fingerprint density at radius 1 is 1.19 bits per heavy atom. The van der Waals surface area contributed by atoms with Crippen molar-refractivity contribution in [1.29, 1.82) is 0 Å². The second-order valence-electron chi connectivity index (χ2n) is 8.29. The molecule has 0 radical (unpaired) electrons. The molecule has 1 atom stereocenters. The van der Waals surface area contributed by atoms with Gasteiger partial charge in [-0.3, -0.25) is 4.98 Å². The fourth-order valence-corrected chi connectivity index (χ4v) is 5.82. The number of rotatable bonds is 4. The molecular weight excluding hydrogens is 444 g/mol. The third kappa shape index (κ3) is 3.64. The van der Waals surface area contributed by atoms with E-state index in [-0.39, 0.29) is 11.5 Å². The maximum Gasteiger partial charge on any atom is 0.158 e. The molecule has 8 nitrogen and oxygen atoms in total. The molecule has 1 spiro atoms. The molecule has 0 amide bonds. The molecule has 0 bridgehead atoms. The van der Waals surface area contributed by atoms with E-state index in [4.69, 9.17) is 23.1 Å². The van der Waals surface area contributed by atoms with Crippen molar-refractivity contribution in [3.05, 3.63) is 53.1 Å². The predicted molar refractivity (Wildman–Crippen MR) is 128 cm³/mol. The molecule has 0 saturated carbocycles. The summed E-state index contributed by atoms with van der Waals surface area (Å²) in [7, 11) is 1.78. The molecule has 1 aliphatic heterocycles. The highest BCUT2D eigenvalue weighted by molar-refractivity contribution is 7.99. The zero-order chi connectivity index (χ0) is 22.3. The van der Waals surface area contributed by atoms with Crippen molar-refractivity contribution in [2.75, 3.05) is 36.1 Å². The van der Waals surface area contributed by atoms with E-state index >= 15 is 0 Å². The normalized spacial score (nSPS) is 19.2. The van der Waals surface area contributed by atoms with Crippen LogP contribution < -0.4 is 21.7 Å². The van der Waals surface area contributed by atoms with Crippen LogP contribution in [0.25, 0.3) is 0 Å². The molecule has 0 aromatic carbocycles. The first-order chi connectivity index (χ1) is 15.5. The van der Waals surface area contributed by atoms with Crippen molar-refractivity contribution in [1.82, 2.24) is 19.9 Å². The van der Waals surface area contributed by atoms with Crippen LogP contribution in [-0.4, -0.2) is 40.1 Å². The lowest BCUT2D eigenvalue weighted by atomic mass is 9.73. The Kier molecular flexibility index (Phi) is 5.56. The number of nitrogens with zero attached hydrogens (tertiary/aromatic N) is 5. The van der Waals surface area contributed by atoms with Crippen molar-refractivity contribution in [3.63, 3.8) is 0 Å². The number of hydrogen-bond donors (Lipinski definition) is 3. The average Bonchev–Trinajstić information content (AvgIpc) is 3.08. The first-order valence-corrected chi connectivity index (χ1v) is 11.8. The third-order valence-corrected chi connectivity index (χ3v) is 8.13. The minimum absolute atomic E-state index is 0.0379. The van der Waals surface area contributed by atoms with E-state index in [0.29, 0.717) is 21.7 Å². The topological polar surface area (TPSA) is 119 Å². The number of aromatic nitrogens is 4. The summed E-state index contributed by atoms with van der Waals surface area (Å²) < 4.78 is 0. The van der Waals surface area contributed by atoms with Gasteiger partial charge in [0.25, 0.3) is 0 Å². The maximum absolute atomic E-state index is 6.66. The molecule has 1 saturated heterocycles. The van der Waals surface area contributed by atoms with Gasteiger partial charge in [0.2, 0.25) is 0 Å². The zero-order valence-corrected chi connectivity index (χ0v) is 19.3. The summed E-state index contributed by atoms with van der Waals surface area (Å²) in [5, 5.41) is 4.13. The summed E-state index contributed by atoms with van der Waals surface area (Å²) in [4.78, 5) is 21.0. The summed E-state index contributed by atoms with van der Waals surface area (Å²) >= 11 is 7.79. The van der Waals surface area contributed by atoms with E-state index in [1.54, 1.807) is 19.4 Å². The van der Waals surface area contributed by atoms with Crippen LogP contribution in [0.15, 0.2) is 46.7 Å². The van der Waals surface area contributed by atoms with E-state index in [0.717, 1.165) is 48.8 Å². The van der Waals surface area contributed by atoms with Crippen LogP contribution in [0.1, 0.15) is 30.1 Å². The number of fused-ring (bicyclic) bond motifs is 1. The number of nitrogens with two attached hydrogens (primary N) is 2. The van der Waals surface area contributed by atoms with E-state index in [2.05, 4.69) is 36.2 Å². The van der Waals surface area contributed by atoms with E-state index in [1.165, 1.54) is 17.3 Å². The highest BCUT2D eigenvalue weighted by Crippen LogP contribution is 2.50. The summed E-state index contributed by atoms with van der Waals surface area (Å²) in [5.74, 6) is 1.80. The average molecular weight is 469 g/mol. The maximum atomic E-state index is 6.66. The molecule has 5 rings (SSSR count). The van der Waals surface area contributed by atoms with E-state index in [1.807, 2.05) is 18.3 Å². The molecule has 32 heavy (non-hydrogen) atoms. The van der Waals surface area contributed by atoms with Crippen LogP contribution in [-0.2, 0) is 6.42 Å². The molecule has 3 aromatic heterocycles. The predicted octanol–water partition coefficient (Wildman–Crippen LogP) is 3.54. The standard InChI is InChI=1S/C22H25ClN8S/c1-26-20-17(23)15(4-8-28-20)32-21-19(25)30-16(12-29-21)31-9-5-22(6-10-31)11-14-13(18(22)24)3-2-7-27-14/h2-4,7-8,12,18H,5-6,9-11,24H2,1H3,(H2,25,30)(H,26,28). The van der Waals surface area contributed by atoms with Crippen LogP contribution in [0.5, 0.6) is 0 Å². The number of pyridine rings is 2. The first-order valence-electron chi connectivity index (χ1n) is 10.6. The largest absolute Gasteiger partial charge is 0.381 e. The lowest BCUT2D eigenvalue weighted by molar-refractivity contribution is 0.186. The summed E-state index contributed by atoms with van der Waals surface area (Å²) in [5.41, 5.74) is 15.3. The van der Waals surface area contributed by atoms with Gasteiger partial charge < -0.3 is 21.7 Å². The Balaban J connectivity index is 1.29. The number of anilines is 3. The Hall–Kier alpha value is -2.62. The van der Waals surface area contributed by atoms with E-state index in [9.17, 15) is 0 Å². The summed E-state index contributed by atoms with van der Waals surface area (Å²) in [6.07, 6.45) is 8.27. The first kappa shape index (κ1) is 21.2. The van der Waals surface area contributed by atoms with Crippen molar-refractivity contribution in [3.8, 4) is 0 Å². The second kappa shape index (κ2) is 8.38. The van der Waals surface area contributed by atoms with Crippen LogP contribution in [0.4, 0.5) is 17.5 Å². The Labute approximate surface area is 196 Å². The van der Waals surface area contributed by atoms with Gasteiger partial charge in [-0.25, -0.2) is 15.0 Å². The van der Waals surface area contributed by atoms with Crippen molar-refractivity contribution in [2.45, 2.75) is 35.2 Å². The van der Waals surface area contributed by atoms with Gasteiger partial charge in [0.1, 0.15) is 16.7 Å². The highest BCUT2D eigenvalue weighted by atomic mass is 35.5. The van der Waals surface area contributed by atoms with Crippen molar-refractivity contribution < 1.29 is 0 Å². The lowest BCUT2D eigenvalue weighted by Gasteiger charge is -2.42. The molecule has 1 fully saturated rings. The van der Waals surface area contributed by atoms with Crippen LogP contribution in [0.2, 0.25) is 5.02 Å². The zero-order valence-electron chi connectivity index (χ0n) is 17.8. The van der Waals surface area contributed by atoms with E-state index < -0.39 is 0 Å². The van der Waals surface area contributed by atoms with Crippen molar-refractivity contribution >= 4 is 40.8 Å². The Bertz CT molecular complexity index is 1150. The van der Waals surface area contributed by atoms with Gasteiger partial charge in [0.05, 0.1) is 11.2 Å². The molecule has 3 aromatic rings. The highest BCUT2D eigenvalue weighted by Gasteiger charge is 2.46. The lowest BCUT2D eigenvalue weighted by Crippen LogP contribution is -2.44. The molecule has 5 N–H and O–H groups in total. The summed E-state index contributed by atoms with van der Waals surface area (Å²) in [6.45, 7) is 1.73. The molecule has 2 aliphatic rings. The number of hydrogen-bond acceptors (Lipinski definition) is 9. The summed E-state index contributed by atoms with van der Waals surface area (Å²) in [6, 6.07) is 5.97. The van der Waals surface area contributed by atoms with Gasteiger partial charge in [-0.05, 0) is 42.4 Å². The van der Waals surface area contributed by atoms with Gasteiger partial charge in [-0.1, -0.05) is 29.4 Å². The van der Waals surface area contributed by atoms with Gasteiger partial charge >= 0.3 is 0 Å². The van der Waals surface area contributed by atoms with Crippen LogP contribution >= 0.6 is 23.4 Å². The minimum atomic E-state index is 0.0379. The second-order valence-corrected chi connectivity index (χ2v) is 9.69. The molecule has 1 aliphatic carbocycles. The van der Waals surface area contributed by atoms with Gasteiger partial charge in [-0.15, -0.1) is 0 Å². The van der Waals surface area contributed by atoms with Crippen molar-refractivity contribution in [2.24, 2.45) is 11.1 Å². The van der Waals surface area contributed by atoms with Crippen LogP contribution in [0.3, 0.4) is 0 Å². The number of nitrogens with one attached hydrogen (secondary N) is 1.